The van der Waals surface area contributed by atoms with E-state index >= 15 is 0 Å². The fourth-order valence-corrected chi connectivity index (χ4v) is 2.81. The number of hydrogen-bond acceptors (Lipinski definition) is 5. The highest BCUT2D eigenvalue weighted by Gasteiger charge is 2.17. The second-order valence-electron chi connectivity index (χ2n) is 6.08. The van der Waals surface area contributed by atoms with Crippen LogP contribution in [0.4, 0.5) is 20.7 Å². The molecule has 0 bridgehead atoms. The second kappa shape index (κ2) is 7.81. The van der Waals surface area contributed by atoms with E-state index in [1.165, 1.54) is 36.7 Å². The number of carbonyl (C=O) groups excluding carboxylic acids is 1. The van der Waals surface area contributed by atoms with Crippen LogP contribution in [0.3, 0.4) is 0 Å². The normalized spacial score (nSPS) is 10.5. The quantitative estimate of drug-likeness (QED) is 0.572. The van der Waals surface area contributed by atoms with Crippen molar-refractivity contribution in [2.75, 3.05) is 4.90 Å². The summed E-state index contributed by atoms with van der Waals surface area (Å²) < 4.78 is 13.2. The highest BCUT2D eigenvalue weighted by molar-refractivity contribution is 5.97. The molecule has 0 unspecified atom stereocenters. The van der Waals surface area contributed by atoms with Crippen LogP contribution in [0.25, 0.3) is 22.5 Å². The first kappa shape index (κ1) is 18.2. The molecule has 0 saturated heterocycles. The van der Waals surface area contributed by atoms with Gasteiger partial charge in [-0.15, -0.1) is 0 Å². The summed E-state index contributed by atoms with van der Waals surface area (Å²) in [4.78, 5) is 30.3. The van der Waals surface area contributed by atoms with E-state index in [2.05, 4.69) is 19.9 Å². The Morgan fingerprint density at radius 1 is 0.862 bits per heavy atom. The fraction of sp³-hybridized carbons (Fsp3) is 0. The van der Waals surface area contributed by atoms with Gasteiger partial charge in [-0.3, -0.25) is 15.0 Å². The Hall–Kier alpha value is -4.20. The van der Waals surface area contributed by atoms with Crippen LogP contribution in [0.5, 0.6) is 0 Å². The smallest absolute Gasteiger partial charge is 0.325 e. The van der Waals surface area contributed by atoms with Gasteiger partial charge in [0.05, 0.1) is 29.5 Å². The SMILES string of the molecule is NC(=O)N(c1ccc(F)cc1)c1cnc(-c2ccnc(-c3cccnc3)c2)cn1. The maximum atomic E-state index is 13.2. The van der Waals surface area contributed by atoms with Gasteiger partial charge < -0.3 is 5.73 Å². The minimum atomic E-state index is -0.749. The summed E-state index contributed by atoms with van der Waals surface area (Å²) in [6.07, 6.45) is 8.09. The van der Waals surface area contributed by atoms with E-state index in [0.29, 0.717) is 11.4 Å². The van der Waals surface area contributed by atoms with Crippen molar-refractivity contribution in [3.8, 4) is 22.5 Å². The average Bonchev–Trinajstić information content (AvgIpc) is 2.76. The van der Waals surface area contributed by atoms with Gasteiger partial charge in [-0.2, -0.15) is 0 Å². The Morgan fingerprint density at radius 3 is 2.34 bits per heavy atom. The first-order valence-corrected chi connectivity index (χ1v) is 8.66. The van der Waals surface area contributed by atoms with E-state index < -0.39 is 11.8 Å². The Labute approximate surface area is 165 Å². The van der Waals surface area contributed by atoms with Gasteiger partial charge in [0.15, 0.2) is 5.82 Å². The van der Waals surface area contributed by atoms with E-state index in [1.807, 2.05) is 24.3 Å². The number of halogens is 1. The number of amides is 2. The summed E-state index contributed by atoms with van der Waals surface area (Å²) in [5, 5.41) is 0. The molecule has 8 heteroatoms. The summed E-state index contributed by atoms with van der Waals surface area (Å²) >= 11 is 0. The monoisotopic (exact) mass is 386 g/mol. The van der Waals surface area contributed by atoms with Crippen molar-refractivity contribution in [1.29, 1.82) is 0 Å². The molecule has 0 aliphatic rings. The molecule has 3 heterocycles. The minimum Gasteiger partial charge on any atom is -0.351 e. The van der Waals surface area contributed by atoms with Crippen LogP contribution in [-0.2, 0) is 0 Å². The molecule has 0 saturated carbocycles. The summed E-state index contributed by atoms with van der Waals surface area (Å²) in [5.74, 6) is -0.184. The Kier molecular flexibility index (Phi) is 4.90. The number of pyridine rings is 2. The van der Waals surface area contributed by atoms with E-state index in [9.17, 15) is 9.18 Å². The van der Waals surface area contributed by atoms with Gasteiger partial charge in [0.2, 0.25) is 0 Å². The Bertz CT molecular complexity index is 1130. The molecule has 29 heavy (non-hydrogen) atoms. The van der Waals surface area contributed by atoms with E-state index in [4.69, 9.17) is 5.73 Å². The number of hydrogen-bond donors (Lipinski definition) is 1. The van der Waals surface area contributed by atoms with Crippen molar-refractivity contribution in [3.05, 3.63) is 85.3 Å². The number of nitrogens with zero attached hydrogens (tertiary/aromatic N) is 5. The summed E-state index contributed by atoms with van der Waals surface area (Å²) in [5.41, 5.74) is 8.93. The number of rotatable bonds is 4. The van der Waals surface area contributed by atoms with Crippen LogP contribution in [-0.4, -0.2) is 26.0 Å². The number of benzene rings is 1. The Morgan fingerprint density at radius 2 is 1.69 bits per heavy atom. The van der Waals surface area contributed by atoms with Crippen LogP contribution < -0.4 is 10.6 Å². The molecule has 2 amide bonds. The number of urea groups is 1. The van der Waals surface area contributed by atoms with Crippen LogP contribution >= 0.6 is 0 Å². The van der Waals surface area contributed by atoms with Crippen molar-refractivity contribution < 1.29 is 9.18 Å². The number of aromatic nitrogens is 4. The van der Waals surface area contributed by atoms with Crippen molar-refractivity contribution in [3.63, 3.8) is 0 Å². The number of carbonyl (C=O) groups is 1. The van der Waals surface area contributed by atoms with Crippen molar-refractivity contribution >= 4 is 17.5 Å². The zero-order chi connectivity index (χ0) is 20.2. The first-order valence-electron chi connectivity index (χ1n) is 8.66. The third-order valence-corrected chi connectivity index (χ3v) is 4.19. The fourth-order valence-electron chi connectivity index (χ4n) is 2.81. The molecule has 142 valence electrons. The van der Waals surface area contributed by atoms with Crippen LogP contribution in [0.1, 0.15) is 0 Å². The minimum absolute atomic E-state index is 0.231. The molecular weight excluding hydrogens is 371 g/mol. The second-order valence-corrected chi connectivity index (χ2v) is 6.08. The average molecular weight is 386 g/mol. The van der Waals surface area contributed by atoms with Gasteiger partial charge in [-0.05, 0) is 48.5 Å². The van der Waals surface area contributed by atoms with Crippen LogP contribution in [0.2, 0.25) is 0 Å². The first-order chi connectivity index (χ1) is 14.1. The molecule has 0 atom stereocenters. The maximum absolute atomic E-state index is 13.2. The highest BCUT2D eigenvalue weighted by Crippen LogP contribution is 2.26. The third kappa shape index (κ3) is 3.91. The molecule has 3 aromatic heterocycles. The lowest BCUT2D eigenvalue weighted by Gasteiger charge is -2.19. The summed E-state index contributed by atoms with van der Waals surface area (Å²) in [6.45, 7) is 0. The molecule has 2 N–H and O–H groups in total. The molecule has 4 aromatic rings. The molecule has 0 aliphatic heterocycles. The Balaban J connectivity index is 1.65. The molecule has 1 aromatic carbocycles. The molecule has 0 spiro atoms. The van der Waals surface area contributed by atoms with Crippen molar-refractivity contribution in [2.45, 2.75) is 0 Å². The van der Waals surface area contributed by atoms with Crippen molar-refractivity contribution in [1.82, 2.24) is 19.9 Å². The van der Waals surface area contributed by atoms with Gasteiger partial charge >= 0.3 is 6.03 Å². The van der Waals surface area contributed by atoms with Gasteiger partial charge in [0.1, 0.15) is 5.82 Å². The molecule has 0 aliphatic carbocycles. The van der Waals surface area contributed by atoms with Crippen LogP contribution in [0.15, 0.2) is 79.5 Å². The predicted octanol–water partition coefficient (Wildman–Crippen LogP) is 3.96. The van der Waals surface area contributed by atoms with E-state index in [1.54, 1.807) is 18.6 Å². The third-order valence-electron chi connectivity index (χ3n) is 4.19. The number of nitrogens with two attached hydrogens (primary N) is 1. The topological polar surface area (TPSA) is 97.9 Å². The van der Waals surface area contributed by atoms with Gasteiger partial charge in [0, 0.05) is 29.7 Å². The molecule has 4 rings (SSSR count). The van der Waals surface area contributed by atoms with E-state index in [-0.39, 0.29) is 5.82 Å². The van der Waals surface area contributed by atoms with Crippen molar-refractivity contribution in [2.24, 2.45) is 5.73 Å². The van der Waals surface area contributed by atoms with Gasteiger partial charge in [-0.25, -0.2) is 19.1 Å². The molecule has 0 radical (unpaired) electrons. The predicted molar refractivity (Wildman–Crippen MR) is 107 cm³/mol. The molecule has 0 fully saturated rings. The highest BCUT2D eigenvalue weighted by atomic mass is 19.1. The lowest BCUT2D eigenvalue weighted by molar-refractivity contribution is 0.256. The van der Waals surface area contributed by atoms with Gasteiger partial charge in [-0.1, -0.05) is 0 Å². The zero-order valence-electron chi connectivity index (χ0n) is 15.1. The van der Waals surface area contributed by atoms with E-state index in [0.717, 1.165) is 21.7 Å². The number of anilines is 2. The summed E-state index contributed by atoms with van der Waals surface area (Å²) in [7, 11) is 0. The standard InChI is InChI=1S/C21H15FN6O/c22-16-3-5-17(6-4-16)28(21(23)29)20-13-26-19(12-27-20)14-7-9-25-18(10-14)15-2-1-8-24-11-15/h1-13H,(H2,23,29). The summed E-state index contributed by atoms with van der Waals surface area (Å²) in [6, 6.07) is 12.1. The number of primary amides is 1. The molecule has 7 nitrogen and oxygen atoms in total. The zero-order valence-corrected chi connectivity index (χ0v) is 15.1. The van der Waals surface area contributed by atoms with Gasteiger partial charge in [0.25, 0.3) is 0 Å². The van der Waals surface area contributed by atoms with Crippen LogP contribution in [0, 0.1) is 5.82 Å². The molecular formula is C21H15FN6O. The lowest BCUT2D eigenvalue weighted by atomic mass is 10.1. The lowest BCUT2D eigenvalue weighted by Crippen LogP contribution is -2.32. The largest absolute Gasteiger partial charge is 0.351 e. The maximum Gasteiger partial charge on any atom is 0.325 e.